The minimum atomic E-state index is -0.392. The van der Waals surface area contributed by atoms with Crippen LogP contribution >= 0.6 is 0 Å². The monoisotopic (exact) mass is 154 g/mol. The lowest BCUT2D eigenvalue weighted by molar-refractivity contribution is -0.146. The third kappa shape index (κ3) is 0.870. The van der Waals surface area contributed by atoms with Gasteiger partial charge in [0.1, 0.15) is 5.78 Å². The Balaban J connectivity index is 2.22. The van der Waals surface area contributed by atoms with E-state index in [1.807, 2.05) is 0 Å². The Morgan fingerprint density at radius 3 is 2.55 bits per heavy atom. The molecule has 11 heavy (non-hydrogen) atoms. The van der Waals surface area contributed by atoms with Gasteiger partial charge in [0.2, 0.25) is 0 Å². The maximum Gasteiger partial charge on any atom is 0.312 e. The van der Waals surface area contributed by atoms with Gasteiger partial charge in [0, 0.05) is 12.8 Å². The lowest BCUT2D eigenvalue weighted by atomic mass is 9.85. The van der Waals surface area contributed by atoms with Gasteiger partial charge in [-0.2, -0.15) is 0 Å². The van der Waals surface area contributed by atoms with E-state index in [0.717, 1.165) is 6.42 Å². The molecule has 2 rings (SSSR count). The Morgan fingerprint density at radius 1 is 1.27 bits per heavy atom. The normalized spacial score (nSPS) is 36.7. The number of hydrogen-bond donors (Lipinski definition) is 0. The molecule has 3 heteroatoms. The van der Waals surface area contributed by atoms with E-state index in [2.05, 4.69) is 0 Å². The second-order valence-electron chi connectivity index (χ2n) is 3.38. The molecule has 1 heterocycles. The summed E-state index contributed by atoms with van der Waals surface area (Å²) in [5.41, 5.74) is -0.392. The highest BCUT2D eigenvalue weighted by Crippen LogP contribution is 2.43. The molecular weight excluding hydrogens is 144 g/mol. The number of cyclic esters (lactones) is 1. The molecule has 0 aromatic carbocycles. The van der Waals surface area contributed by atoms with Crippen LogP contribution in [0.4, 0.5) is 0 Å². The Morgan fingerprint density at radius 2 is 2.09 bits per heavy atom. The van der Waals surface area contributed by atoms with E-state index >= 15 is 0 Å². The summed E-state index contributed by atoms with van der Waals surface area (Å²) < 4.78 is 4.85. The van der Waals surface area contributed by atoms with Gasteiger partial charge in [-0.25, -0.2) is 0 Å². The van der Waals surface area contributed by atoms with Crippen molar-refractivity contribution in [2.24, 2.45) is 5.41 Å². The smallest absolute Gasteiger partial charge is 0.312 e. The highest BCUT2D eigenvalue weighted by atomic mass is 16.5. The molecule has 1 atom stereocenters. The van der Waals surface area contributed by atoms with Crippen LogP contribution in [0.3, 0.4) is 0 Å². The van der Waals surface area contributed by atoms with Crippen molar-refractivity contribution in [1.29, 1.82) is 0 Å². The van der Waals surface area contributed by atoms with Crippen molar-refractivity contribution in [3.05, 3.63) is 0 Å². The number of ketones is 1. The van der Waals surface area contributed by atoms with Crippen LogP contribution in [0.25, 0.3) is 0 Å². The van der Waals surface area contributed by atoms with Crippen LogP contribution in [0.1, 0.15) is 25.7 Å². The Bertz CT molecular complexity index is 221. The van der Waals surface area contributed by atoms with E-state index in [9.17, 15) is 9.59 Å². The summed E-state index contributed by atoms with van der Waals surface area (Å²) in [5, 5.41) is 0. The van der Waals surface area contributed by atoms with Crippen molar-refractivity contribution in [3.8, 4) is 0 Å². The van der Waals surface area contributed by atoms with Gasteiger partial charge in [-0.15, -0.1) is 0 Å². The molecule has 1 aliphatic heterocycles. The maximum absolute atomic E-state index is 11.2. The second kappa shape index (κ2) is 2.06. The summed E-state index contributed by atoms with van der Waals surface area (Å²) >= 11 is 0. The fourth-order valence-corrected chi connectivity index (χ4v) is 1.91. The largest absolute Gasteiger partial charge is 0.465 e. The first-order valence-corrected chi connectivity index (χ1v) is 3.92. The van der Waals surface area contributed by atoms with Crippen molar-refractivity contribution >= 4 is 11.8 Å². The standard InChI is InChI=1S/C8H10O3/c9-6-1-2-8(5-6)3-4-11-7(8)10/h1-5H2. The van der Waals surface area contributed by atoms with Crippen LogP contribution in [-0.2, 0) is 14.3 Å². The molecule has 1 saturated heterocycles. The van der Waals surface area contributed by atoms with Gasteiger partial charge >= 0.3 is 5.97 Å². The molecule has 1 unspecified atom stereocenters. The van der Waals surface area contributed by atoms with Gasteiger partial charge in [-0.05, 0) is 12.8 Å². The Labute approximate surface area is 64.7 Å². The maximum atomic E-state index is 11.2. The van der Waals surface area contributed by atoms with Crippen LogP contribution in [-0.4, -0.2) is 18.4 Å². The van der Waals surface area contributed by atoms with Gasteiger partial charge in [0.05, 0.1) is 12.0 Å². The Kier molecular flexibility index (Phi) is 1.28. The fraction of sp³-hybridized carbons (Fsp3) is 0.750. The molecule has 2 fully saturated rings. The summed E-state index contributed by atoms with van der Waals surface area (Å²) in [7, 11) is 0. The number of esters is 1. The number of ether oxygens (including phenoxy) is 1. The molecule has 2 aliphatic rings. The SMILES string of the molecule is O=C1CCC2(CCOC2=O)C1. The lowest BCUT2D eigenvalue weighted by Crippen LogP contribution is -2.22. The first-order valence-electron chi connectivity index (χ1n) is 3.92. The number of carbonyl (C=O) groups is 2. The highest BCUT2D eigenvalue weighted by Gasteiger charge is 2.49. The van der Waals surface area contributed by atoms with Crippen molar-refractivity contribution < 1.29 is 14.3 Å². The molecule has 0 N–H and O–H groups in total. The summed E-state index contributed by atoms with van der Waals surface area (Å²) in [5.74, 6) is 0.0622. The second-order valence-corrected chi connectivity index (χ2v) is 3.38. The molecule has 0 aromatic heterocycles. The molecule has 1 saturated carbocycles. The molecule has 3 nitrogen and oxygen atoms in total. The van der Waals surface area contributed by atoms with E-state index < -0.39 is 5.41 Å². The zero-order valence-corrected chi connectivity index (χ0v) is 6.26. The Hall–Kier alpha value is -0.860. The average Bonchev–Trinajstić information content (AvgIpc) is 2.46. The summed E-state index contributed by atoms with van der Waals surface area (Å²) in [6.07, 6.45) is 2.45. The van der Waals surface area contributed by atoms with Crippen molar-refractivity contribution in [2.75, 3.05) is 6.61 Å². The quantitative estimate of drug-likeness (QED) is 0.482. The molecule has 1 aliphatic carbocycles. The summed E-state index contributed by atoms with van der Waals surface area (Å²) in [4.78, 5) is 22.1. The molecule has 0 amide bonds. The third-order valence-electron chi connectivity index (χ3n) is 2.66. The van der Waals surface area contributed by atoms with Crippen LogP contribution < -0.4 is 0 Å². The van der Waals surface area contributed by atoms with Crippen LogP contribution in [0.2, 0.25) is 0 Å². The van der Waals surface area contributed by atoms with Crippen LogP contribution in [0.15, 0.2) is 0 Å². The topological polar surface area (TPSA) is 43.4 Å². The van der Waals surface area contributed by atoms with E-state index in [1.54, 1.807) is 0 Å². The number of rotatable bonds is 0. The minimum Gasteiger partial charge on any atom is -0.465 e. The predicted octanol–water partition coefficient (Wildman–Crippen LogP) is 0.673. The van der Waals surface area contributed by atoms with Crippen LogP contribution in [0.5, 0.6) is 0 Å². The van der Waals surface area contributed by atoms with E-state index in [1.165, 1.54) is 0 Å². The molecule has 60 valence electrons. The molecular formula is C8H10O3. The average molecular weight is 154 g/mol. The first kappa shape index (κ1) is 6.83. The molecule has 0 bridgehead atoms. The number of carbonyl (C=O) groups excluding carboxylic acids is 2. The van der Waals surface area contributed by atoms with Crippen molar-refractivity contribution in [1.82, 2.24) is 0 Å². The van der Waals surface area contributed by atoms with Gasteiger partial charge in [-0.3, -0.25) is 9.59 Å². The van der Waals surface area contributed by atoms with Crippen molar-refractivity contribution in [3.63, 3.8) is 0 Å². The van der Waals surface area contributed by atoms with E-state index in [-0.39, 0.29) is 11.8 Å². The van der Waals surface area contributed by atoms with Gasteiger partial charge < -0.3 is 4.74 Å². The summed E-state index contributed by atoms with van der Waals surface area (Å²) in [6.45, 7) is 0.506. The highest BCUT2D eigenvalue weighted by molar-refractivity contribution is 5.91. The lowest BCUT2D eigenvalue weighted by Gasteiger charge is -2.14. The van der Waals surface area contributed by atoms with Crippen LogP contribution in [0, 0.1) is 5.41 Å². The fourth-order valence-electron chi connectivity index (χ4n) is 1.91. The molecule has 1 spiro atoms. The van der Waals surface area contributed by atoms with E-state index in [4.69, 9.17) is 4.74 Å². The van der Waals surface area contributed by atoms with Gasteiger partial charge in [0.15, 0.2) is 0 Å². The third-order valence-corrected chi connectivity index (χ3v) is 2.66. The van der Waals surface area contributed by atoms with Crippen molar-refractivity contribution in [2.45, 2.75) is 25.7 Å². The minimum absolute atomic E-state index is 0.150. The zero-order valence-electron chi connectivity index (χ0n) is 6.26. The molecule has 0 aromatic rings. The zero-order chi connectivity index (χ0) is 7.90. The number of Topliss-reactive ketones (excluding diaryl/α,β-unsaturated/α-hetero) is 1. The summed E-state index contributed by atoms with van der Waals surface area (Å²) in [6, 6.07) is 0. The predicted molar refractivity (Wildman–Crippen MR) is 36.9 cm³/mol. The first-order chi connectivity index (χ1) is 5.23. The van der Waals surface area contributed by atoms with Gasteiger partial charge in [0.25, 0.3) is 0 Å². The van der Waals surface area contributed by atoms with Gasteiger partial charge in [-0.1, -0.05) is 0 Å². The number of hydrogen-bond acceptors (Lipinski definition) is 3. The molecule has 0 radical (unpaired) electrons. The van der Waals surface area contributed by atoms with E-state index in [0.29, 0.717) is 25.9 Å².